The highest BCUT2D eigenvalue weighted by molar-refractivity contribution is 9.11. The molecule has 98 valence electrons. The van der Waals surface area contributed by atoms with Gasteiger partial charge in [-0.2, -0.15) is 0 Å². The lowest BCUT2D eigenvalue weighted by Gasteiger charge is -2.12. The number of rotatable bonds is 4. The molecule has 0 aliphatic rings. The molecule has 0 saturated carbocycles. The van der Waals surface area contributed by atoms with Gasteiger partial charge in [0, 0.05) is 16.1 Å². The van der Waals surface area contributed by atoms with Crippen LogP contribution < -0.4 is 5.32 Å². The Morgan fingerprint density at radius 2 is 1.94 bits per heavy atom. The Morgan fingerprint density at radius 1 is 1.28 bits per heavy atom. The van der Waals surface area contributed by atoms with Gasteiger partial charge in [0.05, 0.1) is 18.4 Å². The average Bonchev–Trinajstić information content (AvgIpc) is 2.31. The molecule has 0 spiro atoms. The number of methoxy groups -OCH3 is 2. The van der Waals surface area contributed by atoms with Crippen LogP contribution in [0.15, 0.2) is 21.1 Å². The number of benzene rings is 1. The fraction of sp³-hybridized carbons (Fsp3) is 0.273. The summed E-state index contributed by atoms with van der Waals surface area (Å²) in [7, 11) is 2.69. The lowest BCUT2D eigenvalue weighted by atomic mass is 10.2. The summed E-state index contributed by atoms with van der Waals surface area (Å²) in [6.45, 7) is -0.0941. The third kappa shape index (κ3) is 3.79. The first kappa shape index (κ1) is 15.1. The molecule has 1 aromatic carbocycles. The van der Waals surface area contributed by atoms with Gasteiger partial charge in [-0.05, 0) is 28.1 Å². The van der Waals surface area contributed by atoms with Crippen LogP contribution in [0.4, 0.5) is 5.69 Å². The molecule has 7 heteroatoms. The first-order valence-corrected chi connectivity index (χ1v) is 6.44. The maximum Gasteiger partial charge on any atom is 0.340 e. The van der Waals surface area contributed by atoms with Crippen LogP contribution in [-0.2, 0) is 14.3 Å². The zero-order valence-corrected chi connectivity index (χ0v) is 12.9. The predicted octanol–water partition coefficient (Wildman–Crippen LogP) is 2.58. The van der Waals surface area contributed by atoms with Gasteiger partial charge in [-0.1, -0.05) is 15.9 Å². The Kier molecular flexibility index (Phi) is 5.77. The summed E-state index contributed by atoms with van der Waals surface area (Å²) >= 11 is 6.55. The molecule has 0 unspecified atom stereocenters. The molecule has 0 heterocycles. The fourth-order valence-corrected chi connectivity index (χ4v) is 2.60. The van der Waals surface area contributed by atoms with Crippen LogP contribution in [0, 0.1) is 0 Å². The van der Waals surface area contributed by atoms with Crippen molar-refractivity contribution < 1.29 is 19.1 Å². The van der Waals surface area contributed by atoms with Crippen LogP contribution in [0.2, 0.25) is 0 Å². The lowest BCUT2D eigenvalue weighted by molar-refractivity contribution is -0.119. The number of nitrogens with one attached hydrogen (secondary N) is 1. The average molecular weight is 381 g/mol. The lowest BCUT2D eigenvalue weighted by Crippen LogP contribution is -2.19. The number of amides is 1. The van der Waals surface area contributed by atoms with Crippen LogP contribution in [0.5, 0.6) is 0 Å². The van der Waals surface area contributed by atoms with Crippen molar-refractivity contribution in [2.75, 3.05) is 26.1 Å². The van der Waals surface area contributed by atoms with E-state index in [0.717, 1.165) is 0 Å². The van der Waals surface area contributed by atoms with Crippen LogP contribution >= 0.6 is 31.9 Å². The molecule has 0 saturated heterocycles. The Balaban J connectivity index is 3.15. The summed E-state index contributed by atoms with van der Waals surface area (Å²) in [5, 5.41) is 2.59. The first-order valence-electron chi connectivity index (χ1n) is 4.85. The zero-order valence-electron chi connectivity index (χ0n) is 9.75. The van der Waals surface area contributed by atoms with Crippen molar-refractivity contribution in [2.24, 2.45) is 0 Å². The van der Waals surface area contributed by atoms with E-state index in [9.17, 15) is 9.59 Å². The topological polar surface area (TPSA) is 64.6 Å². The smallest absolute Gasteiger partial charge is 0.340 e. The Hall–Kier alpha value is -0.920. The quantitative estimate of drug-likeness (QED) is 0.815. The van der Waals surface area contributed by atoms with E-state index in [-0.39, 0.29) is 18.1 Å². The van der Waals surface area contributed by atoms with Gasteiger partial charge in [-0.15, -0.1) is 0 Å². The molecule has 0 fully saturated rings. The number of hydrogen-bond acceptors (Lipinski definition) is 4. The minimum atomic E-state index is -0.537. The molecule has 0 aromatic heterocycles. The van der Waals surface area contributed by atoms with Gasteiger partial charge >= 0.3 is 5.97 Å². The second kappa shape index (κ2) is 6.86. The van der Waals surface area contributed by atoms with E-state index in [4.69, 9.17) is 4.74 Å². The standard InChI is InChI=1S/C11H11Br2NO4/c1-17-5-9(15)14-10-7(11(16)18-2)3-6(12)4-8(10)13/h3-4H,5H2,1-2H3,(H,14,15). The summed E-state index contributed by atoms with van der Waals surface area (Å²) in [5.41, 5.74) is 0.607. The molecule has 1 N–H and O–H groups in total. The van der Waals surface area contributed by atoms with Crippen LogP contribution in [0.3, 0.4) is 0 Å². The van der Waals surface area contributed by atoms with Crippen molar-refractivity contribution in [3.8, 4) is 0 Å². The van der Waals surface area contributed by atoms with E-state index in [1.165, 1.54) is 14.2 Å². The van der Waals surface area contributed by atoms with Gasteiger partial charge in [0.25, 0.3) is 0 Å². The number of hydrogen-bond donors (Lipinski definition) is 1. The van der Waals surface area contributed by atoms with Crippen molar-refractivity contribution in [3.63, 3.8) is 0 Å². The number of halogens is 2. The van der Waals surface area contributed by atoms with Crippen LogP contribution in [0.1, 0.15) is 10.4 Å². The predicted molar refractivity (Wildman–Crippen MR) is 73.7 cm³/mol. The number of ether oxygens (including phenoxy) is 2. The molecule has 18 heavy (non-hydrogen) atoms. The third-order valence-corrected chi connectivity index (χ3v) is 3.08. The van der Waals surface area contributed by atoms with Gasteiger partial charge < -0.3 is 14.8 Å². The Labute approximate surface area is 121 Å². The van der Waals surface area contributed by atoms with E-state index >= 15 is 0 Å². The molecular formula is C11H11Br2NO4. The monoisotopic (exact) mass is 379 g/mol. The SMILES string of the molecule is COCC(=O)Nc1c(Br)cc(Br)cc1C(=O)OC. The molecule has 1 amide bonds. The molecule has 0 aliphatic heterocycles. The maximum atomic E-state index is 11.6. The van der Waals surface area contributed by atoms with Crippen molar-refractivity contribution in [2.45, 2.75) is 0 Å². The fourth-order valence-electron chi connectivity index (χ4n) is 1.28. The first-order chi connectivity index (χ1) is 8.49. The number of carbonyl (C=O) groups excluding carboxylic acids is 2. The maximum absolute atomic E-state index is 11.6. The van der Waals surface area contributed by atoms with Crippen LogP contribution in [0.25, 0.3) is 0 Å². The summed E-state index contributed by atoms with van der Waals surface area (Å²) in [6.07, 6.45) is 0. The Bertz CT molecular complexity index is 476. The number of carbonyl (C=O) groups is 2. The van der Waals surface area contributed by atoms with E-state index in [1.807, 2.05) is 0 Å². The Morgan fingerprint density at radius 3 is 2.50 bits per heavy atom. The van der Waals surface area contributed by atoms with E-state index in [2.05, 4.69) is 41.9 Å². The van der Waals surface area contributed by atoms with Gasteiger partial charge in [-0.3, -0.25) is 4.79 Å². The highest BCUT2D eigenvalue weighted by atomic mass is 79.9. The largest absolute Gasteiger partial charge is 0.465 e. The molecule has 0 atom stereocenters. The van der Waals surface area contributed by atoms with E-state index in [0.29, 0.717) is 14.6 Å². The minimum Gasteiger partial charge on any atom is -0.465 e. The second-order valence-corrected chi connectivity index (χ2v) is 5.05. The van der Waals surface area contributed by atoms with Crippen molar-refractivity contribution in [1.29, 1.82) is 0 Å². The van der Waals surface area contributed by atoms with Gasteiger partial charge in [0.2, 0.25) is 5.91 Å². The van der Waals surface area contributed by atoms with Gasteiger partial charge in [0.1, 0.15) is 6.61 Å². The highest BCUT2D eigenvalue weighted by Crippen LogP contribution is 2.31. The van der Waals surface area contributed by atoms with Gasteiger partial charge in [-0.25, -0.2) is 4.79 Å². The summed E-state index contributed by atoms with van der Waals surface area (Å²) in [6, 6.07) is 3.29. The van der Waals surface area contributed by atoms with Crippen LogP contribution in [-0.4, -0.2) is 32.7 Å². The van der Waals surface area contributed by atoms with Crippen molar-refractivity contribution in [3.05, 3.63) is 26.6 Å². The van der Waals surface area contributed by atoms with Crippen molar-refractivity contribution in [1.82, 2.24) is 0 Å². The third-order valence-electron chi connectivity index (χ3n) is 2.00. The molecule has 0 radical (unpaired) electrons. The van der Waals surface area contributed by atoms with Crippen molar-refractivity contribution >= 4 is 49.4 Å². The summed E-state index contributed by atoms with van der Waals surface area (Å²) in [5.74, 6) is -0.893. The second-order valence-electron chi connectivity index (χ2n) is 3.28. The highest BCUT2D eigenvalue weighted by Gasteiger charge is 2.17. The molecule has 1 aromatic rings. The normalized spacial score (nSPS) is 10.0. The molecule has 0 bridgehead atoms. The summed E-state index contributed by atoms with van der Waals surface area (Å²) < 4.78 is 10.6. The molecule has 0 aliphatic carbocycles. The molecule has 5 nitrogen and oxygen atoms in total. The number of anilines is 1. The van der Waals surface area contributed by atoms with E-state index in [1.54, 1.807) is 12.1 Å². The minimum absolute atomic E-state index is 0.0941. The number of esters is 1. The zero-order chi connectivity index (χ0) is 13.7. The molecular weight excluding hydrogens is 370 g/mol. The van der Waals surface area contributed by atoms with E-state index < -0.39 is 5.97 Å². The molecule has 1 rings (SSSR count). The van der Waals surface area contributed by atoms with Gasteiger partial charge in [0.15, 0.2) is 0 Å². The summed E-state index contributed by atoms with van der Waals surface area (Å²) in [4.78, 5) is 23.1.